The average Bonchev–Trinajstić information content (AvgIpc) is 2.89. The number of halogens is 4. The highest BCUT2D eigenvalue weighted by molar-refractivity contribution is 5.84. The number of alkyl halides is 3. The maximum atomic E-state index is 13.8. The van der Waals surface area contributed by atoms with E-state index in [9.17, 15) is 17.6 Å². The van der Waals surface area contributed by atoms with Gasteiger partial charge in [0, 0.05) is 11.1 Å². The second-order valence-electron chi connectivity index (χ2n) is 4.55. The third-order valence-electron chi connectivity index (χ3n) is 2.98. The van der Waals surface area contributed by atoms with E-state index >= 15 is 0 Å². The van der Waals surface area contributed by atoms with Crippen molar-refractivity contribution in [2.45, 2.75) is 6.18 Å². The van der Waals surface area contributed by atoms with E-state index in [4.69, 9.17) is 5.73 Å². The van der Waals surface area contributed by atoms with Gasteiger partial charge in [-0.2, -0.15) is 18.3 Å². The summed E-state index contributed by atoms with van der Waals surface area (Å²) in [5.41, 5.74) is 4.95. The largest absolute Gasteiger partial charge is 0.433 e. The van der Waals surface area contributed by atoms with Gasteiger partial charge in [0.1, 0.15) is 11.2 Å². The zero-order valence-corrected chi connectivity index (χ0v) is 10.9. The molecule has 0 aliphatic rings. The van der Waals surface area contributed by atoms with Crippen LogP contribution in [0, 0.1) is 5.82 Å². The maximum Gasteiger partial charge on any atom is 0.433 e. The van der Waals surface area contributed by atoms with Gasteiger partial charge in [-0.15, -0.1) is 0 Å². The average molecular weight is 311 g/mol. The molecule has 2 heterocycles. The number of anilines is 3. The molecule has 4 N–H and O–H groups in total. The summed E-state index contributed by atoms with van der Waals surface area (Å²) in [6, 6.07) is 4.50. The first-order chi connectivity index (χ1) is 10.3. The van der Waals surface area contributed by atoms with Crippen LogP contribution in [0.25, 0.3) is 10.9 Å². The number of fused-ring (bicyclic) bond motifs is 1. The standard InChI is InChI=1S/C13H9F4N5/c14-8-4-7(3-6-5-19-22-11(6)8)20-12-9(18)1-2-10(21-12)13(15,16)17/h1-5H,18H2,(H,19,22)(H,20,21). The lowest BCUT2D eigenvalue weighted by Gasteiger charge is -2.12. The van der Waals surface area contributed by atoms with Gasteiger partial charge in [0.2, 0.25) is 0 Å². The monoisotopic (exact) mass is 311 g/mol. The zero-order valence-electron chi connectivity index (χ0n) is 10.9. The summed E-state index contributed by atoms with van der Waals surface area (Å²) >= 11 is 0. The van der Waals surface area contributed by atoms with Crippen LogP contribution in [0.15, 0.2) is 30.5 Å². The highest BCUT2D eigenvalue weighted by Gasteiger charge is 2.33. The number of nitrogens with one attached hydrogen (secondary N) is 2. The van der Waals surface area contributed by atoms with Crippen molar-refractivity contribution in [2.24, 2.45) is 0 Å². The van der Waals surface area contributed by atoms with Gasteiger partial charge in [-0.3, -0.25) is 5.10 Å². The number of H-pyrrole nitrogens is 1. The summed E-state index contributed by atoms with van der Waals surface area (Å²) in [6.45, 7) is 0. The number of nitrogens with two attached hydrogens (primary N) is 1. The molecule has 0 spiro atoms. The Kier molecular flexibility index (Phi) is 3.12. The van der Waals surface area contributed by atoms with Crippen molar-refractivity contribution in [3.05, 3.63) is 42.0 Å². The van der Waals surface area contributed by atoms with Crippen molar-refractivity contribution in [1.29, 1.82) is 0 Å². The first-order valence-electron chi connectivity index (χ1n) is 6.08. The van der Waals surface area contributed by atoms with E-state index in [1.54, 1.807) is 0 Å². The molecule has 0 aliphatic heterocycles. The fraction of sp³-hybridized carbons (Fsp3) is 0.0769. The van der Waals surface area contributed by atoms with E-state index in [2.05, 4.69) is 20.5 Å². The van der Waals surface area contributed by atoms with Crippen molar-refractivity contribution >= 4 is 28.1 Å². The summed E-state index contributed by atoms with van der Waals surface area (Å²) < 4.78 is 51.8. The molecule has 22 heavy (non-hydrogen) atoms. The number of aromatic nitrogens is 3. The number of pyridine rings is 1. The van der Waals surface area contributed by atoms with Crippen molar-refractivity contribution in [3.63, 3.8) is 0 Å². The Bertz CT molecular complexity index is 840. The highest BCUT2D eigenvalue weighted by Crippen LogP contribution is 2.31. The van der Waals surface area contributed by atoms with Crippen LogP contribution in [-0.4, -0.2) is 15.2 Å². The van der Waals surface area contributed by atoms with E-state index < -0.39 is 17.7 Å². The summed E-state index contributed by atoms with van der Waals surface area (Å²) in [4.78, 5) is 3.43. The highest BCUT2D eigenvalue weighted by atomic mass is 19.4. The number of benzene rings is 1. The van der Waals surface area contributed by atoms with Crippen molar-refractivity contribution in [1.82, 2.24) is 15.2 Å². The number of aromatic amines is 1. The molecule has 2 aromatic heterocycles. The van der Waals surface area contributed by atoms with Crippen LogP contribution >= 0.6 is 0 Å². The van der Waals surface area contributed by atoms with Crippen LogP contribution < -0.4 is 11.1 Å². The molecule has 0 fully saturated rings. The van der Waals surface area contributed by atoms with E-state index in [-0.39, 0.29) is 22.7 Å². The lowest BCUT2D eigenvalue weighted by Crippen LogP contribution is -2.10. The number of hydrogen-bond donors (Lipinski definition) is 3. The van der Waals surface area contributed by atoms with E-state index in [0.717, 1.165) is 18.2 Å². The summed E-state index contributed by atoms with van der Waals surface area (Å²) in [5, 5.41) is 9.23. The van der Waals surface area contributed by atoms with Gasteiger partial charge in [-0.1, -0.05) is 0 Å². The Morgan fingerprint density at radius 1 is 1.18 bits per heavy atom. The summed E-state index contributed by atoms with van der Waals surface area (Å²) in [6.07, 6.45) is -3.20. The van der Waals surface area contributed by atoms with Crippen LogP contribution in [0.5, 0.6) is 0 Å². The number of rotatable bonds is 2. The van der Waals surface area contributed by atoms with Gasteiger partial charge >= 0.3 is 6.18 Å². The lowest BCUT2D eigenvalue weighted by atomic mass is 10.2. The molecule has 0 aliphatic carbocycles. The van der Waals surface area contributed by atoms with Gasteiger partial charge in [-0.25, -0.2) is 9.37 Å². The van der Waals surface area contributed by atoms with E-state index in [1.165, 1.54) is 12.3 Å². The Morgan fingerprint density at radius 2 is 1.95 bits per heavy atom. The first kappa shape index (κ1) is 14.1. The van der Waals surface area contributed by atoms with E-state index in [0.29, 0.717) is 5.39 Å². The zero-order chi connectivity index (χ0) is 15.9. The molecule has 9 heteroatoms. The molecule has 0 atom stereocenters. The quantitative estimate of drug-likeness (QED) is 0.633. The van der Waals surface area contributed by atoms with Crippen molar-refractivity contribution < 1.29 is 17.6 Å². The van der Waals surface area contributed by atoms with Crippen LogP contribution in [0.3, 0.4) is 0 Å². The Balaban J connectivity index is 2.00. The molecule has 0 amide bonds. The van der Waals surface area contributed by atoms with E-state index in [1.807, 2.05) is 0 Å². The second-order valence-corrected chi connectivity index (χ2v) is 4.55. The predicted octanol–water partition coefficient (Wildman–Crippen LogP) is 3.44. The first-order valence-corrected chi connectivity index (χ1v) is 6.08. The molecule has 3 aromatic rings. The molecular weight excluding hydrogens is 302 g/mol. The van der Waals surface area contributed by atoms with Gasteiger partial charge in [0.25, 0.3) is 0 Å². The van der Waals surface area contributed by atoms with Crippen LogP contribution in [0.2, 0.25) is 0 Å². The Labute approximate surface area is 121 Å². The minimum absolute atomic E-state index is 0.0145. The van der Waals surface area contributed by atoms with Gasteiger partial charge < -0.3 is 11.1 Å². The smallest absolute Gasteiger partial charge is 0.396 e. The molecule has 5 nitrogen and oxygen atoms in total. The number of hydrogen-bond acceptors (Lipinski definition) is 4. The number of nitrogen functional groups attached to an aromatic ring is 1. The van der Waals surface area contributed by atoms with Crippen molar-refractivity contribution in [3.8, 4) is 0 Å². The van der Waals surface area contributed by atoms with Crippen LogP contribution in [0.4, 0.5) is 34.8 Å². The van der Waals surface area contributed by atoms with Crippen LogP contribution in [0.1, 0.15) is 5.69 Å². The fourth-order valence-electron chi connectivity index (χ4n) is 1.95. The van der Waals surface area contributed by atoms with Crippen LogP contribution in [-0.2, 0) is 6.18 Å². The molecular formula is C13H9F4N5. The predicted molar refractivity (Wildman–Crippen MR) is 73.0 cm³/mol. The summed E-state index contributed by atoms with van der Waals surface area (Å²) in [5.74, 6) is -0.792. The maximum absolute atomic E-state index is 13.8. The minimum atomic E-state index is -4.59. The topological polar surface area (TPSA) is 79.6 Å². The molecule has 0 saturated carbocycles. The van der Waals surface area contributed by atoms with Crippen molar-refractivity contribution in [2.75, 3.05) is 11.1 Å². The molecule has 0 bridgehead atoms. The third kappa shape index (κ3) is 2.52. The summed E-state index contributed by atoms with van der Waals surface area (Å²) in [7, 11) is 0. The van der Waals surface area contributed by atoms with Gasteiger partial charge in [-0.05, 0) is 24.3 Å². The Hall–Kier alpha value is -2.84. The Morgan fingerprint density at radius 3 is 2.68 bits per heavy atom. The molecule has 0 saturated heterocycles. The lowest BCUT2D eigenvalue weighted by molar-refractivity contribution is -0.141. The second kappa shape index (κ2) is 4.86. The van der Waals surface area contributed by atoms with Gasteiger partial charge in [0.15, 0.2) is 11.6 Å². The third-order valence-corrected chi connectivity index (χ3v) is 2.98. The van der Waals surface area contributed by atoms with Gasteiger partial charge in [0.05, 0.1) is 11.9 Å². The molecule has 1 aromatic carbocycles. The molecule has 0 unspecified atom stereocenters. The normalized spacial score (nSPS) is 11.8. The number of nitrogens with zero attached hydrogens (tertiary/aromatic N) is 2. The molecule has 114 valence electrons. The molecule has 0 radical (unpaired) electrons. The molecule has 3 rings (SSSR count). The SMILES string of the molecule is Nc1ccc(C(F)(F)F)nc1Nc1cc(F)c2[nH]ncc2c1. The minimum Gasteiger partial charge on any atom is -0.396 e. The fourth-order valence-corrected chi connectivity index (χ4v) is 1.95.